The second-order valence-corrected chi connectivity index (χ2v) is 3.22. The predicted octanol–water partition coefficient (Wildman–Crippen LogP) is 2.74. The molecule has 2 heteroatoms. The van der Waals surface area contributed by atoms with Crippen molar-refractivity contribution in [3.63, 3.8) is 0 Å². The van der Waals surface area contributed by atoms with E-state index < -0.39 is 0 Å². The van der Waals surface area contributed by atoms with Gasteiger partial charge in [0.15, 0.2) is 0 Å². The highest BCUT2D eigenvalue weighted by Gasteiger charge is 1.88. The smallest absolute Gasteiger partial charge is 0.120 e. The monoisotopic (exact) mass is 204 g/mol. The molecule has 0 N–H and O–H groups in total. The summed E-state index contributed by atoms with van der Waals surface area (Å²) in [4.78, 5) is 10.0. The lowest BCUT2D eigenvalue weighted by Gasteiger charge is -2.00. The standard InChI is InChI=1S/C13H16O2/c14-10-6-1-2-7-11-15-12-13-8-4-3-5-9-13/h2-5,7-10H,1,6,11-12H2/b7-2-. The van der Waals surface area contributed by atoms with Crippen LogP contribution in [0.3, 0.4) is 0 Å². The number of carbonyl (C=O) groups excluding carboxylic acids is 1. The molecule has 0 bridgehead atoms. The van der Waals surface area contributed by atoms with Gasteiger partial charge in [0.1, 0.15) is 6.29 Å². The van der Waals surface area contributed by atoms with Crippen molar-refractivity contribution >= 4 is 6.29 Å². The first-order valence-corrected chi connectivity index (χ1v) is 5.14. The summed E-state index contributed by atoms with van der Waals surface area (Å²) in [6.07, 6.45) is 6.24. The van der Waals surface area contributed by atoms with Crippen molar-refractivity contribution in [1.29, 1.82) is 0 Å². The normalized spacial score (nSPS) is 10.7. The highest BCUT2D eigenvalue weighted by atomic mass is 16.5. The third-order valence-electron chi connectivity index (χ3n) is 1.94. The van der Waals surface area contributed by atoms with E-state index in [-0.39, 0.29) is 0 Å². The first-order chi connectivity index (χ1) is 7.43. The number of carbonyl (C=O) groups is 1. The summed E-state index contributed by atoms with van der Waals surface area (Å²) in [5.41, 5.74) is 1.18. The van der Waals surface area contributed by atoms with E-state index in [2.05, 4.69) is 0 Å². The van der Waals surface area contributed by atoms with Gasteiger partial charge in [0.05, 0.1) is 13.2 Å². The van der Waals surface area contributed by atoms with Gasteiger partial charge in [0.25, 0.3) is 0 Å². The van der Waals surface area contributed by atoms with Crippen molar-refractivity contribution in [1.82, 2.24) is 0 Å². The molecule has 1 rings (SSSR count). The molecule has 0 saturated carbocycles. The molecule has 1 aromatic carbocycles. The molecule has 0 fully saturated rings. The van der Waals surface area contributed by atoms with Crippen molar-refractivity contribution < 1.29 is 9.53 Å². The lowest BCUT2D eigenvalue weighted by atomic mass is 10.2. The van der Waals surface area contributed by atoms with Gasteiger partial charge in [-0.05, 0) is 12.0 Å². The van der Waals surface area contributed by atoms with E-state index >= 15 is 0 Å². The Balaban J connectivity index is 2.07. The van der Waals surface area contributed by atoms with Crippen LogP contribution in [0.4, 0.5) is 0 Å². The molecule has 0 saturated heterocycles. The minimum atomic E-state index is 0.592. The first-order valence-electron chi connectivity index (χ1n) is 5.14. The maximum atomic E-state index is 10.0. The van der Waals surface area contributed by atoms with E-state index in [0.717, 1.165) is 12.7 Å². The van der Waals surface area contributed by atoms with E-state index in [1.165, 1.54) is 5.56 Å². The van der Waals surface area contributed by atoms with Crippen molar-refractivity contribution in [3.05, 3.63) is 48.0 Å². The van der Waals surface area contributed by atoms with Crippen molar-refractivity contribution in [2.45, 2.75) is 19.4 Å². The highest BCUT2D eigenvalue weighted by Crippen LogP contribution is 2.00. The van der Waals surface area contributed by atoms with E-state index in [9.17, 15) is 4.79 Å². The summed E-state index contributed by atoms with van der Waals surface area (Å²) in [5.74, 6) is 0. The number of rotatable bonds is 7. The Morgan fingerprint density at radius 2 is 1.87 bits per heavy atom. The lowest BCUT2D eigenvalue weighted by Crippen LogP contribution is -1.92. The summed E-state index contributed by atoms with van der Waals surface area (Å²) >= 11 is 0. The van der Waals surface area contributed by atoms with Crippen molar-refractivity contribution in [3.8, 4) is 0 Å². The molecule has 2 nitrogen and oxygen atoms in total. The first kappa shape index (κ1) is 11.7. The van der Waals surface area contributed by atoms with Crippen LogP contribution in [0, 0.1) is 0 Å². The minimum Gasteiger partial charge on any atom is -0.373 e. The number of unbranched alkanes of at least 4 members (excludes halogenated alkanes) is 1. The zero-order chi connectivity index (χ0) is 10.8. The van der Waals surface area contributed by atoms with Gasteiger partial charge < -0.3 is 9.53 Å². The van der Waals surface area contributed by atoms with Crippen LogP contribution in [-0.4, -0.2) is 12.9 Å². The second-order valence-electron chi connectivity index (χ2n) is 3.22. The maximum Gasteiger partial charge on any atom is 0.120 e. The molecule has 0 spiro atoms. The molecule has 0 atom stereocenters. The van der Waals surface area contributed by atoms with Gasteiger partial charge in [-0.15, -0.1) is 0 Å². The summed E-state index contributed by atoms with van der Waals surface area (Å²) in [7, 11) is 0. The Labute approximate surface area is 90.6 Å². The predicted molar refractivity (Wildman–Crippen MR) is 60.5 cm³/mol. The number of benzene rings is 1. The van der Waals surface area contributed by atoms with Gasteiger partial charge >= 0.3 is 0 Å². The Kier molecular flexibility index (Phi) is 6.18. The van der Waals surface area contributed by atoms with Crippen molar-refractivity contribution in [2.24, 2.45) is 0 Å². The molecule has 0 aromatic heterocycles. The number of hydrogen-bond acceptors (Lipinski definition) is 2. The summed E-state index contributed by atoms with van der Waals surface area (Å²) in [6.45, 7) is 1.24. The van der Waals surface area contributed by atoms with Gasteiger partial charge in [-0.3, -0.25) is 0 Å². The molecule has 15 heavy (non-hydrogen) atoms. The molecule has 0 aliphatic rings. The Hall–Kier alpha value is -1.41. The zero-order valence-corrected chi connectivity index (χ0v) is 8.76. The van der Waals surface area contributed by atoms with Gasteiger partial charge in [-0.2, -0.15) is 0 Å². The molecule has 0 radical (unpaired) electrons. The SMILES string of the molecule is O=CCC/C=C\COCc1ccccc1. The zero-order valence-electron chi connectivity index (χ0n) is 8.76. The van der Waals surface area contributed by atoms with Gasteiger partial charge in [0.2, 0.25) is 0 Å². The van der Waals surface area contributed by atoms with Gasteiger partial charge in [0, 0.05) is 6.42 Å². The maximum absolute atomic E-state index is 10.0. The molecule has 0 amide bonds. The van der Waals surface area contributed by atoms with Crippen LogP contribution in [0.1, 0.15) is 18.4 Å². The van der Waals surface area contributed by atoms with Crippen LogP contribution in [-0.2, 0) is 16.1 Å². The third kappa shape index (κ3) is 5.81. The average Bonchev–Trinajstić information content (AvgIpc) is 2.29. The van der Waals surface area contributed by atoms with Crippen LogP contribution in [0.15, 0.2) is 42.5 Å². The van der Waals surface area contributed by atoms with Crippen LogP contribution in [0.5, 0.6) is 0 Å². The Morgan fingerprint density at radius 1 is 1.07 bits per heavy atom. The van der Waals surface area contributed by atoms with Crippen LogP contribution in [0.2, 0.25) is 0 Å². The van der Waals surface area contributed by atoms with Gasteiger partial charge in [-0.1, -0.05) is 42.5 Å². The largest absolute Gasteiger partial charge is 0.373 e. The van der Waals surface area contributed by atoms with E-state index in [1.807, 2.05) is 42.5 Å². The third-order valence-corrected chi connectivity index (χ3v) is 1.94. The van der Waals surface area contributed by atoms with Gasteiger partial charge in [-0.25, -0.2) is 0 Å². The van der Waals surface area contributed by atoms with E-state index in [4.69, 9.17) is 4.74 Å². The van der Waals surface area contributed by atoms with E-state index in [0.29, 0.717) is 19.6 Å². The van der Waals surface area contributed by atoms with Crippen LogP contribution >= 0.6 is 0 Å². The van der Waals surface area contributed by atoms with Crippen LogP contribution in [0.25, 0.3) is 0 Å². The fraction of sp³-hybridized carbons (Fsp3) is 0.308. The quantitative estimate of drug-likeness (QED) is 0.388. The van der Waals surface area contributed by atoms with Crippen molar-refractivity contribution in [2.75, 3.05) is 6.61 Å². The number of allylic oxidation sites excluding steroid dienone is 1. The topological polar surface area (TPSA) is 26.3 Å². The number of hydrogen-bond donors (Lipinski definition) is 0. The minimum absolute atomic E-state index is 0.592. The number of ether oxygens (including phenoxy) is 1. The molecule has 0 unspecified atom stereocenters. The molecule has 80 valence electrons. The van der Waals surface area contributed by atoms with Crippen LogP contribution < -0.4 is 0 Å². The fourth-order valence-corrected chi connectivity index (χ4v) is 1.17. The molecule has 0 aliphatic carbocycles. The molecular weight excluding hydrogens is 188 g/mol. The summed E-state index contributed by atoms with van der Waals surface area (Å²) < 4.78 is 5.42. The summed E-state index contributed by atoms with van der Waals surface area (Å²) in [6, 6.07) is 10.1. The average molecular weight is 204 g/mol. The molecular formula is C13H16O2. The Bertz CT molecular complexity index is 291. The lowest BCUT2D eigenvalue weighted by molar-refractivity contribution is -0.107. The summed E-state index contributed by atoms with van der Waals surface area (Å²) in [5, 5.41) is 0. The molecule has 1 aromatic rings. The molecule has 0 aliphatic heterocycles. The number of aldehydes is 1. The van der Waals surface area contributed by atoms with E-state index in [1.54, 1.807) is 0 Å². The fourth-order valence-electron chi connectivity index (χ4n) is 1.17. The Morgan fingerprint density at radius 3 is 2.60 bits per heavy atom. The highest BCUT2D eigenvalue weighted by molar-refractivity contribution is 5.49. The second kappa shape index (κ2) is 7.94. The molecule has 0 heterocycles.